The lowest BCUT2D eigenvalue weighted by Gasteiger charge is -2.19. The standard InChI is InChI=1S/C17H23F3O2/c1-3-13-5-4-6-14(8-7-13)21-15-9-10-16(12(2)11-15)22-17(18,19)20/h9-11,13-14H,3-8H2,1-2H3. The monoisotopic (exact) mass is 316 g/mol. The molecule has 1 aliphatic carbocycles. The highest BCUT2D eigenvalue weighted by Gasteiger charge is 2.31. The van der Waals surface area contributed by atoms with Crippen molar-refractivity contribution in [1.29, 1.82) is 0 Å². The highest BCUT2D eigenvalue weighted by molar-refractivity contribution is 5.39. The van der Waals surface area contributed by atoms with Crippen LogP contribution in [0.25, 0.3) is 0 Å². The zero-order valence-corrected chi connectivity index (χ0v) is 13.1. The van der Waals surface area contributed by atoms with Crippen molar-refractivity contribution in [3.8, 4) is 11.5 Å². The molecule has 5 heteroatoms. The first-order chi connectivity index (χ1) is 10.4. The molecule has 0 saturated heterocycles. The summed E-state index contributed by atoms with van der Waals surface area (Å²) in [6, 6.07) is 4.49. The predicted octanol–water partition coefficient (Wildman–Crippen LogP) is 5.63. The topological polar surface area (TPSA) is 18.5 Å². The van der Waals surface area contributed by atoms with Gasteiger partial charge >= 0.3 is 6.36 Å². The van der Waals surface area contributed by atoms with E-state index in [2.05, 4.69) is 11.7 Å². The fraction of sp³-hybridized carbons (Fsp3) is 0.647. The van der Waals surface area contributed by atoms with Crippen LogP contribution in [0.15, 0.2) is 18.2 Å². The Kier molecular flexibility index (Phi) is 5.59. The minimum Gasteiger partial charge on any atom is -0.490 e. The number of rotatable bonds is 4. The van der Waals surface area contributed by atoms with Crippen molar-refractivity contribution in [2.45, 2.75) is 64.8 Å². The minimum absolute atomic E-state index is 0.158. The molecule has 1 saturated carbocycles. The summed E-state index contributed by atoms with van der Waals surface area (Å²) in [6.45, 7) is 3.81. The molecule has 0 amide bonds. The van der Waals surface area contributed by atoms with E-state index < -0.39 is 6.36 Å². The van der Waals surface area contributed by atoms with E-state index in [9.17, 15) is 13.2 Å². The van der Waals surface area contributed by atoms with Gasteiger partial charge in [-0.15, -0.1) is 13.2 Å². The summed E-state index contributed by atoms with van der Waals surface area (Å²) in [5, 5.41) is 0. The zero-order valence-electron chi connectivity index (χ0n) is 13.1. The van der Waals surface area contributed by atoms with E-state index >= 15 is 0 Å². The number of halogens is 3. The summed E-state index contributed by atoms with van der Waals surface area (Å²) in [4.78, 5) is 0. The summed E-state index contributed by atoms with van der Waals surface area (Å²) in [5.74, 6) is 1.22. The Balaban J connectivity index is 1.97. The molecule has 0 N–H and O–H groups in total. The molecule has 0 spiro atoms. The Hall–Kier alpha value is -1.39. The molecule has 2 rings (SSSR count). The van der Waals surface area contributed by atoms with Gasteiger partial charge in [-0.1, -0.05) is 19.8 Å². The average molecular weight is 316 g/mol. The van der Waals surface area contributed by atoms with Crippen molar-refractivity contribution < 1.29 is 22.6 Å². The molecule has 0 aliphatic heterocycles. The zero-order chi connectivity index (χ0) is 16.2. The molecule has 1 aliphatic rings. The van der Waals surface area contributed by atoms with Gasteiger partial charge in [-0.3, -0.25) is 0 Å². The van der Waals surface area contributed by atoms with Crippen molar-refractivity contribution in [3.05, 3.63) is 23.8 Å². The number of ether oxygens (including phenoxy) is 2. The molecule has 2 atom stereocenters. The molecule has 2 nitrogen and oxygen atoms in total. The Labute approximate surface area is 129 Å². The van der Waals surface area contributed by atoms with Crippen molar-refractivity contribution in [1.82, 2.24) is 0 Å². The molecular weight excluding hydrogens is 293 g/mol. The van der Waals surface area contributed by atoms with E-state index in [-0.39, 0.29) is 11.9 Å². The Bertz CT molecular complexity index is 485. The van der Waals surface area contributed by atoms with Crippen molar-refractivity contribution in [2.75, 3.05) is 0 Å². The number of alkyl halides is 3. The molecule has 124 valence electrons. The summed E-state index contributed by atoms with van der Waals surface area (Å²) >= 11 is 0. The Morgan fingerprint density at radius 1 is 1.14 bits per heavy atom. The van der Waals surface area contributed by atoms with Gasteiger partial charge in [0.25, 0.3) is 0 Å². The quantitative estimate of drug-likeness (QED) is 0.670. The van der Waals surface area contributed by atoms with Crippen LogP contribution in [0.2, 0.25) is 0 Å². The first-order valence-electron chi connectivity index (χ1n) is 7.90. The minimum atomic E-state index is -4.66. The van der Waals surface area contributed by atoms with Crippen LogP contribution in [-0.2, 0) is 0 Å². The van der Waals surface area contributed by atoms with E-state index in [1.807, 2.05) is 0 Å². The van der Waals surface area contributed by atoms with Gasteiger partial charge in [-0.25, -0.2) is 0 Å². The number of hydrogen-bond donors (Lipinski definition) is 0. The van der Waals surface area contributed by atoms with Crippen LogP contribution in [-0.4, -0.2) is 12.5 Å². The lowest BCUT2D eigenvalue weighted by molar-refractivity contribution is -0.274. The number of benzene rings is 1. The van der Waals surface area contributed by atoms with E-state index in [4.69, 9.17) is 4.74 Å². The highest BCUT2D eigenvalue weighted by Crippen LogP contribution is 2.31. The van der Waals surface area contributed by atoms with Gasteiger partial charge in [0.1, 0.15) is 11.5 Å². The van der Waals surface area contributed by atoms with E-state index in [1.54, 1.807) is 19.1 Å². The number of hydrogen-bond acceptors (Lipinski definition) is 2. The van der Waals surface area contributed by atoms with Crippen LogP contribution in [0.3, 0.4) is 0 Å². The second-order valence-electron chi connectivity index (χ2n) is 6.00. The fourth-order valence-corrected chi connectivity index (χ4v) is 3.00. The first kappa shape index (κ1) is 17.0. The van der Waals surface area contributed by atoms with Gasteiger partial charge in [-0.05, 0) is 62.3 Å². The molecule has 1 fully saturated rings. The molecule has 0 aromatic heterocycles. The summed E-state index contributed by atoms with van der Waals surface area (Å²) in [5.41, 5.74) is 0.426. The van der Waals surface area contributed by atoms with Crippen LogP contribution in [0, 0.1) is 12.8 Å². The van der Waals surface area contributed by atoms with Crippen LogP contribution in [0.5, 0.6) is 11.5 Å². The second-order valence-corrected chi connectivity index (χ2v) is 6.00. The normalized spacial score (nSPS) is 23.0. The highest BCUT2D eigenvalue weighted by atomic mass is 19.4. The van der Waals surface area contributed by atoms with Gasteiger partial charge in [0.2, 0.25) is 0 Å². The number of aryl methyl sites for hydroxylation is 1. The molecular formula is C17H23F3O2. The van der Waals surface area contributed by atoms with Gasteiger partial charge in [0.15, 0.2) is 0 Å². The van der Waals surface area contributed by atoms with Gasteiger partial charge in [0, 0.05) is 0 Å². The van der Waals surface area contributed by atoms with Crippen LogP contribution < -0.4 is 9.47 Å². The lowest BCUT2D eigenvalue weighted by atomic mass is 9.98. The third kappa shape index (κ3) is 5.11. The summed E-state index contributed by atoms with van der Waals surface area (Å²) in [7, 11) is 0. The molecule has 1 aromatic rings. The Morgan fingerprint density at radius 2 is 1.91 bits per heavy atom. The maximum absolute atomic E-state index is 12.3. The molecule has 2 unspecified atom stereocenters. The third-order valence-electron chi connectivity index (χ3n) is 4.29. The van der Waals surface area contributed by atoms with Gasteiger partial charge in [-0.2, -0.15) is 0 Å². The van der Waals surface area contributed by atoms with E-state index in [1.165, 1.54) is 18.9 Å². The smallest absolute Gasteiger partial charge is 0.490 e. The maximum Gasteiger partial charge on any atom is 0.573 e. The summed E-state index contributed by atoms with van der Waals surface area (Å²) < 4.78 is 46.7. The van der Waals surface area contributed by atoms with Crippen molar-refractivity contribution in [2.24, 2.45) is 5.92 Å². The first-order valence-corrected chi connectivity index (χ1v) is 7.90. The largest absolute Gasteiger partial charge is 0.573 e. The van der Waals surface area contributed by atoms with Crippen LogP contribution in [0.1, 0.15) is 51.0 Å². The molecule has 0 heterocycles. The van der Waals surface area contributed by atoms with Crippen molar-refractivity contribution in [3.63, 3.8) is 0 Å². The molecule has 0 bridgehead atoms. The average Bonchev–Trinajstić information content (AvgIpc) is 2.66. The Morgan fingerprint density at radius 3 is 2.55 bits per heavy atom. The van der Waals surface area contributed by atoms with Crippen LogP contribution >= 0.6 is 0 Å². The SMILES string of the molecule is CCC1CCCC(Oc2ccc(OC(F)(F)F)c(C)c2)CC1. The van der Waals surface area contributed by atoms with Crippen LogP contribution in [0.4, 0.5) is 13.2 Å². The molecule has 0 radical (unpaired) electrons. The van der Waals surface area contributed by atoms with Gasteiger partial charge < -0.3 is 9.47 Å². The lowest BCUT2D eigenvalue weighted by Crippen LogP contribution is -2.18. The third-order valence-corrected chi connectivity index (χ3v) is 4.29. The fourth-order valence-electron chi connectivity index (χ4n) is 3.00. The summed E-state index contributed by atoms with van der Waals surface area (Å²) in [6.07, 6.45) is 2.28. The maximum atomic E-state index is 12.3. The molecule has 1 aromatic carbocycles. The van der Waals surface area contributed by atoms with E-state index in [0.717, 1.165) is 31.6 Å². The second kappa shape index (κ2) is 7.25. The predicted molar refractivity (Wildman–Crippen MR) is 79.1 cm³/mol. The van der Waals surface area contributed by atoms with Crippen molar-refractivity contribution >= 4 is 0 Å². The van der Waals surface area contributed by atoms with Gasteiger partial charge in [0.05, 0.1) is 6.10 Å². The molecule has 22 heavy (non-hydrogen) atoms. The van der Waals surface area contributed by atoms with E-state index in [0.29, 0.717) is 11.3 Å².